The summed E-state index contributed by atoms with van der Waals surface area (Å²) in [5, 5.41) is 25.3. The molecule has 0 aliphatic rings. The molecule has 9 nitrogen and oxygen atoms in total. The SMILES string of the molecule is COc1ccc(C(=O)c2cccc(C(=O)c3ccc(C)c(C#[N+]O)c3OC)c2)c(OC)c1C#[N+][O-]. The minimum absolute atomic E-state index is 0.0642. The standard InChI is InChI=1S/C26H20N2O7/c1-15-8-9-18(25(34-3)20(15)13-27-31)23(29)16-6-5-7-17(12-16)24(30)19-10-11-22(33-2)21(14-28-32)26(19)35-4/h5-12H,1-4H3/p+1. The van der Waals surface area contributed by atoms with Crippen LogP contribution < -0.4 is 14.2 Å². The second-order valence-corrected chi connectivity index (χ2v) is 7.22. The quantitative estimate of drug-likeness (QED) is 0.390. The number of nitrogens with zero attached hydrogens (tertiary/aromatic N) is 2. The molecule has 0 heterocycles. The van der Waals surface area contributed by atoms with Gasteiger partial charge in [-0.15, -0.1) is 0 Å². The van der Waals surface area contributed by atoms with Crippen LogP contribution in [0, 0.1) is 24.3 Å². The van der Waals surface area contributed by atoms with Gasteiger partial charge in [0, 0.05) is 16.1 Å². The van der Waals surface area contributed by atoms with Crippen molar-refractivity contribution in [1.82, 2.24) is 0 Å². The lowest BCUT2D eigenvalue weighted by Crippen LogP contribution is -2.09. The van der Waals surface area contributed by atoms with E-state index in [4.69, 9.17) is 19.4 Å². The molecule has 176 valence electrons. The highest BCUT2D eigenvalue weighted by Crippen LogP contribution is 2.34. The maximum Gasteiger partial charge on any atom is 0.392 e. The van der Waals surface area contributed by atoms with Crippen molar-refractivity contribution in [2.45, 2.75) is 6.92 Å². The molecule has 0 radical (unpaired) electrons. The molecular formula is C26H21N2O7+. The summed E-state index contributed by atoms with van der Waals surface area (Å²) in [6.45, 7) is 1.76. The maximum atomic E-state index is 13.4. The number of benzene rings is 3. The fraction of sp³-hybridized carbons (Fsp3) is 0.154. The minimum atomic E-state index is -0.453. The summed E-state index contributed by atoms with van der Waals surface area (Å²) in [5.41, 5.74) is 1.90. The van der Waals surface area contributed by atoms with Crippen LogP contribution in [0.15, 0.2) is 48.5 Å². The number of ketones is 2. The van der Waals surface area contributed by atoms with E-state index in [1.54, 1.807) is 37.3 Å². The van der Waals surface area contributed by atoms with Gasteiger partial charge < -0.3 is 19.4 Å². The Hall–Kier alpha value is -5.02. The third-order valence-electron chi connectivity index (χ3n) is 5.31. The predicted octanol–water partition coefficient (Wildman–Crippen LogP) is 4.73. The van der Waals surface area contributed by atoms with E-state index >= 15 is 0 Å². The molecule has 0 atom stereocenters. The largest absolute Gasteiger partial charge is 0.498 e. The third kappa shape index (κ3) is 4.70. The van der Waals surface area contributed by atoms with E-state index in [2.05, 4.69) is 22.2 Å². The summed E-state index contributed by atoms with van der Waals surface area (Å²) in [6.07, 6.45) is 0. The number of carbonyl (C=O) groups excluding carboxylic acids is 2. The van der Waals surface area contributed by atoms with Crippen molar-refractivity contribution in [1.29, 1.82) is 0 Å². The highest BCUT2D eigenvalue weighted by Gasteiger charge is 2.25. The van der Waals surface area contributed by atoms with E-state index in [0.29, 0.717) is 11.1 Å². The van der Waals surface area contributed by atoms with Crippen molar-refractivity contribution < 1.29 is 29.0 Å². The monoisotopic (exact) mass is 473 g/mol. The van der Waals surface area contributed by atoms with Gasteiger partial charge in [0.15, 0.2) is 34.2 Å². The van der Waals surface area contributed by atoms with Crippen LogP contribution in [-0.4, -0.2) is 38.1 Å². The number of ether oxygens (including phenoxy) is 3. The zero-order valence-electron chi connectivity index (χ0n) is 19.4. The van der Waals surface area contributed by atoms with Crippen LogP contribution in [0.1, 0.15) is 48.5 Å². The summed E-state index contributed by atoms with van der Waals surface area (Å²) in [7, 11) is 4.13. The van der Waals surface area contributed by atoms with Gasteiger partial charge in [-0.1, -0.05) is 24.3 Å². The van der Waals surface area contributed by atoms with Crippen molar-refractivity contribution >= 4 is 11.6 Å². The number of methoxy groups -OCH3 is 3. The van der Waals surface area contributed by atoms with Crippen molar-refractivity contribution in [3.63, 3.8) is 0 Å². The molecule has 35 heavy (non-hydrogen) atoms. The van der Waals surface area contributed by atoms with Gasteiger partial charge in [-0.25, -0.2) is 0 Å². The Morgan fingerprint density at radius 1 is 0.829 bits per heavy atom. The summed E-state index contributed by atoms with van der Waals surface area (Å²) >= 11 is 0. The van der Waals surface area contributed by atoms with Crippen LogP contribution in [0.4, 0.5) is 0 Å². The Morgan fingerprint density at radius 3 is 1.91 bits per heavy atom. The minimum Gasteiger partial charge on any atom is -0.498 e. The van der Waals surface area contributed by atoms with Crippen LogP contribution in [0.3, 0.4) is 0 Å². The van der Waals surface area contributed by atoms with E-state index in [1.165, 1.54) is 39.5 Å². The van der Waals surface area contributed by atoms with E-state index in [-0.39, 0.29) is 45.1 Å². The molecule has 0 spiro atoms. The van der Waals surface area contributed by atoms with Crippen LogP contribution in [0.5, 0.6) is 17.2 Å². The molecule has 3 rings (SSSR count). The molecular weight excluding hydrogens is 452 g/mol. The van der Waals surface area contributed by atoms with Gasteiger partial charge >= 0.3 is 12.1 Å². The van der Waals surface area contributed by atoms with E-state index < -0.39 is 11.6 Å². The molecule has 0 bridgehead atoms. The average Bonchev–Trinajstić information content (AvgIpc) is 2.88. The van der Waals surface area contributed by atoms with Crippen LogP contribution in [0.25, 0.3) is 10.0 Å². The third-order valence-corrected chi connectivity index (χ3v) is 5.31. The number of aryl methyl sites for hydroxylation is 1. The van der Waals surface area contributed by atoms with Gasteiger partial charge in [-0.3, -0.25) is 9.59 Å². The second-order valence-electron chi connectivity index (χ2n) is 7.22. The second kappa shape index (κ2) is 10.7. The Balaban J connectivity index is 2.09. The van der Waals surface area contributed by atoms with E-state index in [0.717, 1.165) is 0 Å². The molecule has 0 amide bonds. The summed E-state index contributed by atoms with van der Waals surface area (Å²) in [5.74, 6) is -0.350. The molecule has 9 heteroatoms. The maximum absolute atomic E-state index is 13.4. The first kappa shape index (κ1) is 24.6. The molecule has 0 aromatic heterocycles. The molecule has 0 saturated carbocycles. The number of rotatable bonds is 7. The van der Waals surface area contributed by atoms with Gasteiger partial charge in [-0.05, 0) is 36.8 Å². The van der Waals surface area contributed by atoms with Gasteiger partial charge in [0.05, 0.1) is 32.5 Å². The molecule has 0 saturated heterocycles. The summed E-state index contributed by atoms with van der Waals surface area (Å²) in [6, 6.07) is 17.1. The Labute approximate surface area is 201 Å². The molecule has 0 aliphatic carbocycles. The molecule has 3 aromatic rings. The topological polar surface area (TPSA) is 114 Å². The van der Waals surface area contributed by atoms with Gasteiger partial charge in [0.1, 0.15) is 5.75 Å². The fourth-order valence-electron chi connectivity index (χ4n) is 3.65. The van der Waals surface area contributed by atoms with E-state index in [9.17, 15) is 14.8 Å². The fourth-order valence-corrected chi connectivity index (χ4v) is 3.65. The summed E-state index contributed by atoms with van der Waals surface area (Å²) < 4.78 is 16.0. The van der Waals surface area contributed by atoms with Crippen LogP contribution in [-0.2, 0) is 0 Å². The number of hydrogen-bond acceptors (Lipinski definition) is 7. The smallest absolute Gasteiger partial charge is 0.392 e. The molecule has 0 fully saturated rings. The van der Waals surface area contributed by atoms with Crippen molar-refractivity contribution in [3.8, 4) is 29.4 Å². The highest BCUT2D eigenvalue weighted by molar-refractivity contribution is 6.15. The lowest BCUT2D eigenvalue weighted by atomic mass is 9.94. The molecule has 0 aliphatic heterocycles. The van der Waals surface area contributed by atoms with Crippen molar-refractivity contribution in [3.05, 3.63) is 103 Å². The first-order valence-electron chi connectivity index (χ1n) is 10.2. The predicted molar refractivity (Wildman–Crippen MR) is 128 cm³/mol. The lowest BCUT2D eigenvalue weighted by Gasteiger charge is -2.12. The molecule has 3 aromatic carbocycles. The zero-order valence-corrected chi connectivity index (χ0v) is 19.4. The van der Waals surface area contributed by atoms with Crippen molar-refractivity contribution in [2.75, 3.05) is 21.3 Å². The highest BCUT2D eigenvalue weighted by atomic mass is 16.5. The van der Waals surface area contributed by atoms with Crippen LogP contribution >= 0.6 is 0 Å². The average molecular weight is 473 g/mol. The van der Waals surface area contributed by atoms with E-state index in [1.807, 2.05) is 0 Å². The molecule has 0 unspecified atom stereocenters. The zero-order chi connectivity index (χ0) is 25.5. The van der Waals surface area contributed by atoms with Crippen LogP contribution in [0.2, 0.25) is 0 Å². The van der Waals surface area contributed by atoms with Gasteiger partial charge in [0.2, 0.25) is 5.01 Å². The van der Waals surface area contributed by atoms with Gasteiger partial charge in [-0.2, -0.15) is 5.21 Å². The summed E-state index contributed by atoms with van der Waals surface area (Å²) in [4.78, 5) is 26.7. The Bertz CT molecular complexity index is 1440. The van der Waals surface area contributed by atoms with Gasteiger partial charge in [0.25, 0.3) is 0 Å². The number of carbonyl (C=O) groups is 2. The normalized spacial score (nSPS) is 9.71. The Morgan fingerprint density at radius 2 is 1.40 bits per heavy atom. The lowest BCUT2D eigenvalue weighted by molar-refractivity contribution is 0.103. The van der Waals surface area contributed by atoms with Crippen molar-refractivity contribution in [2.24, 2.45) is 0 Å². The Kier molecular flexibility index (Phi) is 7.55. The first-order chi connectivity index (χ1) is 16.9. The first-order valence-corrected chi connectivity index (χ1v) is 10.2. The molecule has 1 N–H and O–H groups in total. The number of hydrogen-bond donors (Lipinski definition) is 1.